The van der Waals surface area contributed by atoms with Crippen LogP contribution in [-0.2, 0) is 6.42 Å². The van der Waals surface area contributed by atoms with Crippen LogP contribution in [0.4, 0.5) is 4.39 Å². The lowest BCUT2D eigenvalue weighted by Gasteiger charge is -2.36. The first kappa shape index (κ1) is 14.8. The Labute approximate surface area is 127 Å². The number of hydrogen-bond acceptors (Lipinski definition) is 2. The Bertz CT molecular complexity index is 512. The molecule has 1 N–H and O–H groups in total. The molecule has 1 saturated carbocycles. The highest BCUT2D eigenvalue weighted by Gasteiger charge is 2.36. The lowest BCUT2D eigenvalue weighted by molar-refractivity contribution is 0.105. The average Bonchev–Trinajstić information content (AvgIpc) is 3.17. The summed E-state index contributed by atoms with van der Waals surface area (Å²) in [6, 6.07) is 5.60. The molecule has 1 aliphatic heterocycles. The maximum absolute atomic E-state index is 13.3. The van der Waals surface area contributed by atoms with Gasteiger partial charge in [0.2, 0.25) is 0 Å². The summed E-state index contributed by atoms with van der Waals surface area (Å²) in [7, 11) is 0. The third-order valence-electron chi connectivity index (χ3n) is 5.22. The summed E-state index contributed by atoms with van der Waals surface area (Å²) in [5.74, 6) is 1.29. The minimum Gasteiger partial charge on any atom is -0.490 e. The Morgan fingerprint density at radius 1 is 1.38 bits per heavy atom. The van der Waals surface area contributed by atoms with Crippen LogP contribution in [-0.4, -0.2) is 18.7 Å². The number of hydrogen-bond donors (Lipinski definition) is 1. The third-order valence-corrected chi connectivity index (χ3v) is 5.22. The summed E-state index contributed by atoms with van der Waals surface area (Å²) in [5, 5.41) is 3.67. The molecule has 3 heteroatoms. The largest absolute Gasteiger partial charge is 0.490 e. The van der Waals surface area contributed by atoms with Gasteiger partial charge in [0.15, 0.2) is 0 Å². The van der Waals surface area contributed by atoms with Crippen molar-refractivity contribution in [2.75, 3.05) is 6.54 Å². The first-order valence-corrected chi connectivity index (χ1v) is 8.15. The monoisotopic (exact) mass is 291 g/mol. The summed E-state index contributed by atoms with van der Waals surface area (Å²) in [6.45, 7) is 7.96. The Kier molecular flexibility index (Phi) is 3.96. The average molecular weight is 291 g/mol. The maximum atomic E-state index is 13.3. The minimum atomic E-state index is -0.167. The molecule has 0 bridgehead atoms. The third kappa shape index (κ3) is 3.39. The fourth-order valence-corrected chi connectivity index (χ4v) is 3.10. The smallest absolute Gasteiger partial charge is 0.123 e. The maximum Gasteiger partial charge on any atom is 0.123 e. The topological polar surface area (TPSA) is 21.3 Å². The number of ether oxygens (including phenoxy) is 1. The summed E-state index contributed by atoms with van der Waals surface area (Å²) < 4.78 is 19.3. The van der Waals surface area contributed by atoms with Crippen molar-refractivity contribution < 1.29 is 9.13 Å². The number of nitrogens with one attached hydrogen (secondary N) is 1. The second kappa shape index (κ2) is 5.60. The molecule has 21 heavy (non-hydrogen) atoms. The summed E-state index contributed by atoms with van der Waals surface area (Å²) in [6.07, 6.45) is 4.66. The molecule has 2 unspecified atom stereocenters. The van der Waals surface area contributed by atoms with Crippen LogP contribution in [0.3, 0.4) is 0 Å². The van der Waals surface area contributed by atoms with Gasteiger partial charge in [0.1, 0.15) is 17.7 Å². The van der Waals surface area contributed by atoms with Gasteiger partial charge in [-0.1, -0.05) is 20.8 Å². The highest BCUT2D eigenvalue weighted by Crippen LogP contribution is 2.38. The van der Waals surface area contributed by atoms with E-state index in [1.807, 2.05) is 0 Å². The predicted octanol–water partition coefficient (Wildman–Crippen LogP) is 3.93. The molecule has 2 aliphatic rings. The van der Waals surface area contributed by atoms with Gasteiger partial charge in [0.05, 0.1) is 0 Å². The van der Waals surface area contributed by atoms with Crippen LogP contribution < -0.4 is 10.1 Å². The zero-order chi connectivity index (χ0) is 15.0. The van der Waals surface area contributed by atoms with E-state index in [0.717, 1.165) is 36.7 Å². The highest BCUT2D eigenvalue weighted by atomic mass is 19.1. The second-order valence-corrected chi connectivity index (χ2v) is 7.36. The number of rotatable bonds is 6. The van der Waals surface area contributed by atoms with E-state index < -0.39 is 0 Å². The van der Waals surface area contributed by atoms with Crippen molar-refractivity contribution in [2.24, 2.45) is 11.3 Å². The fourth-order valence-electron chi connectivity index (χ4n) is 3.10. The van der Waals surface area contributed by atoms with E-state index in [2.05, 4.69) is 26.1 Å². The molecular formula is C18H26FNO. The van der Waals surface area contributed by atoms with Crippen molar-refractivity contribution in [3.05, 3.63) is 29.6 Å². The molecule has 0 amide bonds. The van der Waals surface area contributed by atoms with E-state index >= 15 is 0 Å². The SMILES string of the molecule is CC(C)C(C)(CNC1CC1)CC1Cc2cc(F)ccc2O1. The van der Waals surface area contributed by atoms with Crippen molar-refractivity contribution >= 4 is 0 Å². The van der Waals surface area contributed by atoms with E-state index in [9.17, 15) is 4.39 Å². The molecule has 1 heterocycles. The molecule has 0 saturated heterocycles. The van der Waals surface area contributed by atoms with Crippen LogP contribution >= 0.6 is 0 Å². The van der Waals surface area contributed by atoms with Crippen molar-refractivity contribution in [3.63, 3.8) is 0 Å². The van der Waals surface area contributed by atoms with Gasteiger partial charge in [-0.25, -0.2) is 4.39 Å². The van der Waals surface area contributed by atoms with Crippen molar-refractivity contribution in [1.82, 2.24) is 5.32 Å². The first-order chi connectivity index (χ1) is 9.96. The second-order valence-electron chi connectivity index (χ2n) is 7.36. The predicted molar refractivity (Wildman–Crippen MR) is 83.1 cm³/mol. The summed E-state index contributed by atoms with van der Waals surface area (Å²) in [5.41, 5.74) is 1.23. The Morgan fingerprint density at radius 2 is 2.14 bits per heavy atom. The molecule has 0 radical (unpaired) electrons. The molecule has 0 spiro atoms. The molecular weight excluding hydrogens is 265 g/mol. The van der Waals surface area contributed by atoms with E-state index in [1.54, 1.807) is 12.1 Å². The van der Waals surface area contributed by atoms with Crippen LogP contribution in [0.15, 0.2) is 18.2 Å². The highest BCUT2D eigenvalue weighted by molar-refractivity contribution is 5.37. The van der Waals surface area contributed by atoms with Crippen molar-refractivity contribution in [1.29, 1.82) is 0 Å². The molecule has 1 aromatic carbocycles. The normalized spacial score (nSPS) is 23.8. The Hall–Kier alpha value is -1.09. The Balaban J connectivity index is 1.64. The van der Waals surface area contributed by atoms with E-state index in [-0.39, 0.29) is 17.3 Å². The number of benzene rings is 1. The van der Waals surface area contributed by atoms with Gasteiger partial charge >= 0.3 is 0 Å². The van der Waals surface area contributed by atoms with Gasteiger partial charge in [-0.15, -0.1) is 0 Å². The van der Waals surface area contributed by atoms with Crippen LogP contribution in [0.25, 0.3) is 0 Å². The lowest BCUT2D eigenvalue weighted by atomic mass is 9.74. The van der Waals surface area contributed by atoms with Gasteiger partial charge in [0.25, 0.3) is 0 Å². The van der Waals surface area contributed by atoms with Gasteiger partial charge in [0, 0.05) is 24.6 Å². The molecule has 116 valence electrons. The zero-order valence-electron chi connectivity index (χ0n) is 13.3. The molecule has 2 nitrogen and oxygen atoms in total. The standard InChI is InChI=1S/C18H26FNO/c1-12(2)18(3,11-20-15-5-6-15)10-16-9-13-8-14(19)4-7-17(13)21-16/h4,7-8,12,15-16,20H,5-6,9-11H2,1-3H3. The first-order valence-electron chi connectivity index (χ1n) is 8.15. The quantitative estimate of drug-likeness (QED) is 0.857. The Morgan fingerprint density at radius 3 is 2.81 bits per heavy atom. The molecule has 2 atom stereocenters. The van der Waals surface area contributed by atoms with Gasteiger partial charge in [-0.3, -0.25) is 0 Å². The van der Waals surface area contributed by atoms with Crippen LogP contribution in [0.2, 0.25) is 0 Å². The van der Waals surface area contributed by atoms with Crippen LogP contribution in [0.5, 0.6) is 5.75 Å². The van der Waals surface area contributed by atoms with E-state index in [1.165, 1.54) is 18.9 Å². The minimum absolute atomic E-state index is 0.167. The number of fused-ring (bicyclic) bond motifs is 1. The van der Waals surface area contributed by atoms with Gasteiger partial charge < -0.3 is 10.1 Å². The fraction of sp³-hybridized carbons (Fsp3) is 0.667. The molecule has 1 aliphatic carbocycles. The van der Waals surface area contributed by atoms with E-state index in [0.29, 0.717) is 5.92 Å². The summed E-state index contributed by atoms with van der Waals surface area (Å²) >= 11 is 0. The number of halogens is 1. The van der Waals surface area contributed by atoms with Crippen LogP contribution in [0, 0.1) is 17.2 Å². The van der Waals surface area contributed by atoms with Crippen molar-refractivity contribution in [3.8, 4) is 5.75 Å². The van der Waals surface area contributed by atoms with E-state index in [4.69, 9.17) is 4.74 Å². The van der Waals surface area contributed by atoms with Gasteiger partial charge in [-0.05, 0) is 48.8 Å². The summed E-state index contributed by atoms with van der Waals surface area (Å²) in [4.78, 5) is 0. The lowest BCUT2D eigenvalue weighted by Crippen LogP contribution is -2.40. The molecule has 1 aromatic rings. The molecule has 0 aromatic heterocycles. The zero-order valence-corrected chi connectivity index (χ0v) is 13.3. The molecule has 3 rings (SSSR count). The molecule has 1 fully saturated rings. The van der Waals surface area contributed by atoms with Gasteiger partial charge in [-0.2, -0.15) is 0 Å². The van der Waals surface area contributed by atoms with Crippen LogP contribution in [0.1, 0.15) is 45.6 Å². The van der Waals surface area contributed by atoms with Crippen molar-refractivity contribution in [2.45, 2.75) is 58.6 Å².